The summed E-state index contributed by atoms with van der Waals surface area (Å²) in [7, 11) is 0. The standard InChI is InChI=1S/C12H11Br/c1-8-4-3-5-10-6-7-11(13)9(2)12(8)10/h3-7H,1-2H3. The van der Waals surface area contributed by atoms with E-state index in [9.17, 15) is 0 Å². The normalized spacial score (nSPS) is 10.7. The molecule has 2 aromatic rings. The van der Waals surface area contributed by atoms with E-state index in [-0.39, 0.29) is 0 Å². The molecule has 0 aromatic heterocycles. The Morgan fingerprint density at radius 1 is 1.00 bits per heavy atom. The van der Waals surface area contributed by atoms with Crippen LogP contribution in [0.4, 0.5) is 0 Å². The topological polar surface area (TPSA) is 0 Å². The molecular formula is C12H11Br. The third-order valence-electron chi connectivity index (χ3n) is 2.45. The van der Waals surface area contributed by atoms with E-state index in [1.807, 2.05) is 0 Å². The summed E-state index contributed by atoms with van der Waals surface area (Å²) in [4.78, 5) is 0. The molecule has 0 amide bonds. The molecule has 2 aromatic carbocycles. The Balaban J connectivity index is 2.97. The molecular weight excluding hydrogens is 224 g/mol. The van der Waals surface area contributed by atoms with E-state index in [1.165, 1.54) is 26.4 Å². The third kappa shape index (κ3) is 1.37. The van der Waals surface area contributed by atoms with Crippen LogP contribution in [0.2, 0.25) is 0 Å². The summed E-state index contributed by atoms with van der Waals surface area (Å²) in [5.74, 6) is 0. The Hall–Kier alpha value is -0.820. The summed E-state index contributed by atoms with van der Waals surface area (Å²) in [5.41, 5.74) is 2.67. The first-order valence-corrected chi connectivity index (χ1v) is 5.14. The van der Waals surface area contributed by atoms with E-state index in [0.29, 0.717) is 0 Å². The van der Waals surface area contributed by atoms with Crippen LogP contribution in [0.1, 0.15) is 11.1 Å². The fraction of sp³-hybridized carbons (Fsp3) is 0.167. The number of fused-ring (bicyclic) bond motifs is 1. The van der Waals surface area contributed by atoms with Gasteiger partial charge in [-0.2, -0.15) is 0 Å². The zero-order chi connectivity index (χ0) is 9.42. The molecule has 2 rings (SSSR count). The van der Waals surface area contributed by atoms with Crippen LogP contribution < -0.4 is 0 Å². The molecule has 0 aliphatic rings. The Bertz CT molecular complexity index is 458. The Kier molecular flexibility index (Phi) is 2.12. The molecule has 1 heteroatoms. The largest absolute Gasteiger partial charge is 0.0614 e. The lowest BCUT2D eigenvalue weighted by atomic mass is 10.0. The molecule has 0 bridgehead atoms. The molecule has 66 valence electrons. The minimum Gasteiger partial charge on any atom is -0.0614 e. The number of aryl methyl sites for hydroxylation is 2. The zero-order valence-electron chi connectivity index (χ0n) is 7.76. The van der Waals surface area contributed by atoms with E-state index in [1.54, 1.807) is 0 Å². The van der Waals surface area contributed by atoms with Crippen molar-refractivity contribution in [2.75, 3.05) is 0 Å². The molecule has 0 heterocycles. The van der Waals surface area contributed by atoms with Crippen molar-refractivity contribution in [3.63, 3.8) is 0 Å². The highest BCUT2D eigenvalue weighted by molar-refractivity contribution is 9.10. The van der Waals surface area contributed by atoms with E-state index >= 15 is 0 Å². The average Bonchev–Trinajstić information content (AvgIpc) is 2.12. The first kappa shape index (κ1) is 8.76. The maximum absolute atomic E-state index is 3.55. The first-order chi connectivity index (χ1) is 6.20. The van der Waals surface area contributed by atoms with Crippen LogP contribution in [0.5, 0.6) is 0 Å². The molecule has 0 spiro atoms. The van der Waals surface area contributed by atoms with E-state index in [0.717, 1.165) is 0 Å². The number of benzene rings is 2. The van der Waals surface area contributed by atoms with Crippen LogP contribution in [0.3, 0.4) is 0 Å². The molecule has 0 atom stereocenters. The lowest BCUT2D eigenvalue weighted by Gasteiger charge is -2.06. The molecule has 0 radical (unpaired) electrons. The van der Waals surface area contributed by atoms with Crippen molar-refractivity contribution < 1.29 is 0 Å². The van der Waals surface area contributed by atoms with Crippen molar-refractivity contribution in [2.24, 2.45) is 0 Å². The highest BCUT2D eigenvalue weighted by Gasteiger charge is 2.02. The van der Waals surface area contributed by atoms with Gasteiger partial charge in [0.2, 0.25) is 0 Å². The molecule has 0 aliphatic heterocycles. The summed E-state index contributed by atoms with van der Waals surface area (Å²) in [6.07, 6.45) is 0. The summed E-state index contributed by atoms with van der Waals surface area (Å²) >= 11 is 3.55. The van der Waals surface area contributed by atoms with Gasteiger partial charge in [-0.15, -0.1) is 0 Å². The SMILES string of the molecule is Cc1cccc2ccc(Br)c(C)c12. The van der Waals surface area contributed by atoms with Gasteiger partial charge < -0.3 is 0 Å². The number of hydrogen-bond acceptors (Lipinski definition) is 0. The van der Waals surface area contributed by atoms with E-state index in [2.05, 4.69) is 60.1 Å². The van der Waals surface area contributed by atoms with Crippen LogP contribution >= 0.6 is 15.9 Å². The van der Waals surface area contributed by atoms with E-state index < -0.39 is 0 Å². The van der Waals surface area contributed by atoms with Crippen molar-refractivity contribution in [1.29, 1.82) is 0 Å². The highest BCUT2D eigenvalue weighted by atomic mass is 79.9. The predicted octanol–water partition coefficient (Wildman–Crippen LogP) is 4.22. The van der Waals surface area contributed by atoms with Gasteiger partial charge in [-0.1, -0.05) is 40.2 Å². The fourth-order valence-corrected chi connectivity index (χ4v) is 2.08. The molecule has 13 heavy (non-hydrogen) atoms. The summed E-state index contributed by atoms with van der Waals surface area (Å²) in [5, 5.41) is 2.69. The van der Waals surface area contributed by atoms with Gasteiger partial charge in [-0.25, -0.2) is 0 Å². The molecule has 0 saturated heterocycles. The molecule has 0 aliphatic carbocycles. The number of rotatable bonds is 0. The van der Waals surface area contributed by atoms with Crippen LogP contribution in [0.25, 0.3) is 10.8 Å². The zero-order valence-corrected chi connectivity index (χ0v) is 9.35. The minimum atomic E-state index is 1.19. The Labute approximate surface area is 86.7 Å². The highest BCUT2D eigenvalue weighted by Crippen LogP contribution is 2.27. The summed E-state index contributed by atoms with van der Waals surface area (Å²) in [6, 6.07) is 10.7. The van der Waals surface area contributed by atoms with Crippen molar-refractivity contribution in [1.82, 2.24) is 0 Å². The molecule has 0 N–H and O–H groups in total. The monoisotopic (exact) mass is 234 g/mol. The van der Waals surface area contributed by atoms with Gasteiger partial charge in [-0.05, 0) is 41.8 Å². The molecule has 0 saturated carbocycles. The summed E-state index contributed by atoms with van der Waals surface area (Å²) < 4.78 is 1.19. The maximum Gasteiger partial charge on any atom is 0.0210 e. The van der Waals surface area contributed by atoms with Gasteiger partial charge >= 0.3 is 0 Å². The Morgan fingerprint density at radius 3 is 2.54 bits per heavy atom. The van der Waals surface area contributed by atoms with Crippen LogP contribution in [-0.2, 0) is 0 Å². The van der Waals surface area contributed by atoms with Crippen LogP contribution in [-0.4, -0.2) is 0 Å². The Morgan fingerprint density at radius 2 is 1.77 bits per heavy atom. The predicted molar refractivity (Wildman–Crippen MR) is 61.1 cm³/mol. The molecule has 0 fully saturated rings. The lowest BCUT2D eigenvalue weighted by Crippen LogP contribution is -1.83. The van der Waals surface area contributed by atoms with Gasteiger partial charge in [-0.3, -0.25) is 0 Å². The van der Waals surface area contributed by atoms with Crippen molar-refractivity contribution in [2.45, 2.75) is 13.8 Å². The number of hydrogen-bond donors (Lipinski definition) is 0. The van der Waals surface area contributed by atoms with Gasteiger partial charge in [0.25, 0.3) is 0 Å². The van der Waals surface area contributed by atoms with Crippen LogP contribution in [0.15, 0.2) is 34.8 Å². The van der Waals surface area contributed by atoms with Gasteiger partial charge in [0.05, 0.1) is 0 Å². The van der Waals surface area contributed by atoms with Gasteiger partial charge in [0, 0.05) is 4.47 Å². The van der Waals surface area contributed by atoms with E-state index in [4.69, 9.17) is 0 Å². The lowest BCUT2D eigenvalue weighted by molar-refractivity contribution is 1.44. The quantitative estimate of drug-likeness (QED) is 0.641. The first-order valence-electron chi connectivity index (χ1n) is 4.34. The number of halogens is 1. The van der Waals surface area contributed by atoms with Crippen molar-refractivity contribution in [3.05, 3.63) is 45.9 Å². The average molecular weight is 235 g/mol. The maximum atomic E-state index is 3.55. The molecule has 0 nitrogen and oxygen atoms in total. The second kappa shape index (κ2) is 3.15. The van der Waals surface area contributed by atoms with Gasteiger partial charge in [0.15, 0.2) is 0 Å². The van der Waals surface area contributed by atoms with Gasteiger partial charge in [0.1, 0.15) is 0 Å². The molecule has 0 unspecified atom stereocenters. The summed E-state index contributed by atoms with van der Waals surface area (Å²) in [6.45, 7) is 4.31. The smallest absolute Gasteiger partial charge is 0.0210 e. The second-order valence-corrected chi connectivity index (χ2v) is 4.20. The van der Waals surface area contributed by atoms with Crippen LogP contribution in [0, 0.1) is 13.8 Å². The third-order valence-corrected chi connectivity index (χ3v) is 3.31. The fourth-order valence-electron chi connectivity index (χ4n) is 1.75. The second-order valence-electron chi connectivity index (χ2n) is 3.35. The minimum absolute atomic E-state index is 1.19. The van der Waals surface area contributed by atoms with Crippen molar-refractivity contribution in [3.8, 4) is 0 Å². The van der Waals surface area contributed by atoms with Crippen molar-refractivity contribution >= 4 is 26.7 Å².